The lowest BCUT2D eigenvalue weighted by atomic mass is 10.0. The van der Waals surface area contributed by atoms with Crippen LogP contribution in [0.5, 0.6) is 0 Å². The van der Waals surface area contributed by atoms with Gasteiger partial charge in [-0.2, -0.15) is 26.3 Å². The lowest BCUT2D eigenvalue weighted by molar-refractivity contribution is -0.228. The van der Waals surface area contributed by atoms with E-state index in [-0.39, 0.29) is 37.4 Å². The zero-order valence-corrected chi connectivity index (χ0v) is 22.3. The number of aliphatic hydroxyl groups is 1. The van der Waals surface area contributed by atoms with Crippen LogP contribution in [0.2, 0.25) is 0 Å². The highest BCUT2D eigenvalue weighted by Gasteiger charge is 2.39. The number of likely N-dealkylation sites (tertiary alicyclic amines) is 1. The van der Waals surface area contributed by atoms with E-state index in [9.17, 15) is 35.8 Å². The maximum atomic E-state index is 13.7. The van der Waals surface area contributed by atoms with Crippen molar-refractivity contribution in [2.75, 3.05) is 39.4 Å². The van der Waals surface area contributed by atoms with Crippen LogP contribution in [0.25, 0.3) is 0 Å². The number of halogens is 7. The molecular weight excluding hydrogens is 557 g/mol. The standard InChI is InChI=1S/C29H31F7N2O3/c1-19(21-15-22(28(31,32)33)17-23(16-21)29(34,35)36)41-27-26(20-6-8-24(30)9-7-20)38(13-14-40-27)11-3-2-10-37-12-4-5-25(37)18-39/h6-9,15-17,19,25-27,39H,4-5,10-14,18H2,1H3/t19-,25+,26?,27?/m1/s1. The van der Waals surface area contributed by atoms with E-state index in [2.05, 4.69) is 16.7 Å². The van der Waals surface area contributed by atoms with Gasteiger partial charge in [-0.25, -0.2) is 4.39 Å². The first-order chi connectivity index (χ1) is 19.4. The average molecular weight is 589 g/mol. The summed E-state index contributed by atoms with van der Waals surface area (Å²) in [5.74, 6) is 5.74. The van der Waals surface area contributed by atoms with E-state index in [1.54, 1.807) is 0 Å². The second kappa shape index (κ2) is 13.1. The largest absolute Gasteiger partial charge is 0.416 e. The molecule has 2 aromatic carbocycles. The predicted molar refractivity (Wildman–Crippen MR) is 136 cm³/mol. The molecule has 0 aromatic heterocycles. The number of morpholine rings is 1. The van der Waals surface area contributed by atoms with Crippen LogP contribution < -0.4 is 0 Å². The van der Waals surface area contributed by atoms with E-state index >= 15 is 0 Å². The number of aliphatic hydroxyl groups excluding tert-OH is 1. The molecule has 2 saturated heterocycles. The summed E-state index contributed by atoms with van der Waals surface area (Å²) in [6.45, 7) is 3.58. The molecule has 0 amide bonds. The molecular formula is C29H31F7N2O3. The molecule has 0 aliphatic carbocycles. The summed E-state index contributed by atoms with van der Waals surface area (Å²) < 4.78 is 106. The Bertz CT molecular complexity index is 1190. The van der Waals surface area contributed by atoms with E-state index in [0.717, 1.165) is 19.4 Å². The Labute approximate surface area is 233 Å². The number of ether oxygens (including phenoxy) is 2. The van der Waals surface area contributed by atoms with Crippen LogP contribution in [0.3, 0.4) is 0 Å². The van der Waals surface area contributed by atoms with Crippen molar-refractivity contribution in [2.45, 2.75) is 56.6 Å². The van der Waals surface area contributed by atoms with Crippen LogP contribution >= 0.6 is 0 Å². The van der Waals surface area contributed by atoms with Crippen LogP contribution in [0.1, 0.15) is 54.2 Å². The Morgan fingerprint density at radius 3 is 2.15 bits per heavy atom. The van der Waals surface area contributed by atoms with Gasteiger partial charge >= 0.3 is 12.4 Å². The van der Waals surface area contributed by atoms with Crippen molar-refractivity contribution in [2.24, 2.45) is 0 Å². The van der Waals surface area contributed by atoms with Gasteiger partial charge in [0.15, 0.2) is 6.29 Å². The first-order valence-corrected chi connectivity index (χ1v) is 13.2. The van der Waals surface area contributed by atoms with Crippen molar-refractivity contribution in [3.63, 3.8) is 0 Å². The fraction of sp³-hybridized carbons (Fsp3) is 0.517. The van der Waals surface area contributed by atoms with Gasteiger partial charge in [-0.05, 0) is 67.8 Å². The quantitative estimate of drug-likeness (QED) is 0.327. The molecule has 2 heterocycles. The Kier molecular flexibility index (Phi) is 9.97. The number of nitrogens with zero attached hydrogens (tertiary/aromatic N) is 2. The lowest BCUT2D eigenvalue weighted by Gasteiger charge is -2.41. The summed E-state index contributed by atoms with van der Waals surface area (Å²) in [7, 11) is 0. The first-order valence-electron chi connectivity index (χ1n) is 13.2. The third-order valence-electron chi connectivity index (χ3n) is 7.34. The molecule has 0 bridgehead atoms. The van der Waals surface area contributed by atoms with Crippen molar-refractivity contribution in [1.29, 1.82) is 0 Å². The summed E-state index contributed by atoms with van der Waals surface area (Å²) in [5, 5.41) is 9.51. The molecule has 2 aliphatic heterocycles. The molecule has 224 valence electrons. The second-order valence-corrected chi connectivity index (χ2v) is 10.1. The third kappa shape index (κ3) is 7.99. The zero-order valence-electron chi connectivity index (χ0n) is 22.3. The molecule has 5 nitrogen and oxygen atoms in total. The van der Waals surface area contributed by atoms with E-state index in [4.69, 9.17) is 9.47 Å². The Morgan fingerprint density at radius 1 is 0.951 bits per heavy atom. The Hall–Kier alpha value is -2.69. The topological polar surface area (TPSA) is 45.2 Å². The van der Waals surface area contributed by atoms with Crippen molar-refractivity contribution < 1.29 is 45.3 Å². The highest BCUT2D eigenvalue weighted by molar-refractivity contribution is 5.35. The highest BCUT2D eigenvalue weighted by Crippen LogP contribution is 2.39. The van der Waals surface area contributed by atoms with Gasteiger partial charge in [-0.3, -0.25) is 9.80 Å². The summed E-state index contributed by atoms with van der Waals surface area (Å²) >= 11 is 0. The smallest absolute Gasteiger partial charge is 0.395 e. The van der Waals surface area contributed by atoms with E-state index in [0.29, 0.717) is 30.8 Å². The van der Waals surface area contributed by atoms with E-state index in [1.165, 1.54) is 31.2 Å². The predicted octanol–water partition coefficient (Wildman–Crippen LogP) is 5.80. The first kappa shape index (κ1) is 31.3. The number of rotatable bonds is 7. The highest BCUT2D eigenvalue weighted by atomic mass is 19.4. The molecule has 1 N–H and O–H groups in total. The van der Waals surface area contributed by atoms with Gasteiger partial charge in [0.1, 0.15) is 5.82 Å². The fourth-order valence-corrected chi connectivity index (χ4v) is 5.13. The number of hydrogen-bond donors (Lipinski definition) is 1. The maximum absolute atomic E-state index is 13.7. The molecule has 4 atom stereocenters. The number of hydrogen-bond acceptors (Lipinski definition) is 5. The van der Waals surface area contributed by atoms with Crippen molar-refractivity contribution in [3.8, 4) is 11.8 Å². The summed E-state index contributed by atoms with van der Waals surface area (Å²) in [6.07, 6.45) is -10.4. The average Bonchev–Trinajstić information content (AvgIpc) is 3.38. The molecule has 0 saturated carbocycles. The molecule has 41 heavy (non-hydrogen) atoms. The molecule has 2 unspecified atom stereocenters. The minimum Gasteiger partial charge on any atom is -0.395 e. The fourth-order valence-electron chi connectivity index (χ4n) is 5.13. The van der Waals surface area contributed by atoms with Crippen molar-refractivity contribution >= 4 is 0 Å². The minimum absolute atomic E-state index is 0.0608. The van der Waals surface area contributed by atoms with Crippen molar-refractivity contribution in [3.05, 3.63) is 70.5 Å². The van der Waals surface area contributed by atoms with Crippen LogP contribution in [-0.4, -0.2) is 66.6 Å². The zero-order chi connectivity index (χ0) is 29.8. The maximum Gasteiger partial charge on any atom is 0.416 e. The van der Waals surface area contributed by atoms with Crippen LogP contribution in [0.4, 0.5) is 30.7 Å². The van der Waals surface area contributed by atoms with Gasteiger partial charge in [0.05, 0.1) is 49.6 Å². The number of alkyl halides is 6. The van der Waals surface area contributed by atoms with Crippen LogP contribution in [0, 0.1) is 17.7 Å². The summed E-state index contributed by atoms with van der Waals surface area (Å²) in [6, 6.07) is 6.31. The van der Waals surface area contributed by atoms with Crippen molar-refractivity contribution in [1.82, 2.24) is 9.80 Å². The summed E-state index contributed by atoms with van der Waals surface area (Å²) in [5.41, 5.74) is -2.59. The lowest BCUT2D eigenvalue weighted by Crippen LogP contribution is -2.46. The Balaban J connectivity index is 1.57. The molecule has 0 spiro atoms. The van der Waals surface area contributed by atoms with Gasteiger partial charge in [0, 0.05) is 12.6 Å². The third-order valence-corrected chi connectivity index (χ3v) is 7.34. The molecule has 2 fully saturated rings. The van der Waals surface area contributed by atoms with Gasteiger partial charge in [0.2, 0.25) is 0 Å². The molecule has 4 rings (SSSR count). The molecule has 2 aromatic rings. The van der Waals surface area contributed by atoms with Gasteiger partial charge in [-0.1, -0.05) is 24.0 Å². The molecule has 2 aliphatic rings. The van der Waals surface area contributed by atoms with Gasteiger partial charge in [0.25, 0.3) is 0 Å². The summed E-state index contributed by atoms with van der Waals surface area (Å²) in [4.78, 5) is 4.02. The number of benzene rings is 2. The van der Waals surface area contributed by atoms with Crippen LogP contribution in [0.15, 0.2) is 42.5 Å². The molecule has 12 heteroatoms. The van der Waals surface area contributed by atoms with E-state index in [1.807, 2.05) is 4.90 Å². The monoisotopic (exact) mass is 588 g/mol. The minimum atomic E-state index is -4.99. The SMILES string of the molecule is C[C@@H](OC1OCCN(CC#CCN2CCC[C@H]2CO)C1c1ccc(F)cc1)c1cc(C(F)(F)F)cc(C(F)(F)F)c1. The normalized spacial score (nSPS) is 23.3. The Morgan fingerprint density at radius 2 is 1.56 bits per heavy atom. The second-order valence-electron chi connectivity index (χ2n) is 10.1. The van der Waals surface area contributed by atoms with Crippen LogP contribution in [-0.2, 0) is 21.8 Å². The van der Waals surface area contributed by atoms with Gasteiger partial charge < -0.3 is 14.6 Å². The molecule has 0 radical (unpaired) electrons. The van der Waals surface area contributed by atoms with E-state index < -0.39 is 47.7 Å². The van der Waals surface area contributed by atoms with Gasteiger partial charge in [-0.15, -0.1) is 0 Å².